The van der Waals surface area contributed by atoms with Gasteiger partial charge in [0.25, 0.3) is 5.91 Å². The molecular weight excluding hydrogens is 372 g/mol. The molecular formula is C25H18N4O. The van der Waals surface area contributed by atoms with Crippen LogP contribution in [0.15, 0.2) is 104 Å². The minimum Gasteiger partial charge on any atom is -0.319 e. The fourth-order valence-corrected chi connectivity index (χ4v) is 3.44. The molecule has 0 saturated heterocycles. The highest BCUT2D eigenvalue weighted by atomic mass is 16.1. The zero-order chi connectivity index (χ0) is 20.3. The zero-order valence-corrected chi connectivity index (χ0v) is 16.1. The molecule has 0 unspecified atom stereocenters. The van der Waals surface area contributed by atoms with E-state index in [1.54, 1.807) is 24.5 Å². The van der Waals surface area contributed by atoms with Crippen molar-refractivity contribution in [1.82, 2.24) is 14.4 Å². The predicted octanol–water partition coefficient (Wildman–Crippen LogP) is 5.32. The van der Waals surface area contributed by atoms with Crippen molar-refractivity contribution in [3.8, 4) is 22.4 Å². The molecule has 5 rings (SSSR count). The van der Waals surface area contributed by atoms with E-state index in [2.05, 4.69) is 34.6 Å². The van der Waals surface area contributed by atoms with E-state index in [0.717, 1.165) is 22.4 Å². The Balaban J connectivity index is 1.50. The molecule has 0 radical (unpaired) electrons. The highest BCUT2D eigenvalue weighted by Gasteiger charge is 2.12. The number of hydrogen-bond donors (Lipinski definition) is 1. The maximum atomic E-state index is 12.6. The van der Waals surface area contributed by atoms with E-state index >= 15 is 0 Å². The first kappa shape index (κ1) is 17.8. The molecule has 3 heterocycles. The summed E-state index contributed by atoms with van der Waals surface area (Å²) in [5.74, 6) is -0.193. The standard InChI is InChI=1S/C25H18N4O/c30-25(19-11-13-26-14-12-19)28-22-10-5-15-29-17-23(27-24(22)29)21-9-4-8-20(16-21)18-6-2-1-3-7-18/h1-17H,(H,28,30). The van der Waals surface area contributed by atoms with E-state index < -0.39 is 0 Å². The number of carbonyl (C=O) groups is 1. The summed E-state index contributed by atoms with van der Waals surface area (Å²) in [5.41, 5.74) is 6.06. The molecule has 5 aromatic rings. The molecule has 30 heavy (non-hydrogen) atoms. The molecule has 0 spiro atoms. The van der Waals surface area contributed by atoms with E-state index in [-0.39, 0.29) is 5.91 Å². The number of nitrogens with one attached hydrogen (secondary N) is 1. The third-order valence-electron chi connectivity index (χ3n) is 4.94. The molecule has 5 nitrogen and oxygen atoms in total. The van der Waals surface area contributed by atoms with Crippen molar-refractivity contribution in [2.75, 3.05) is 5.32 Å². The number of nitrogens with zero attached hydrogens (tertiary/aromatic N) is 3. The van der Waals surface area contributed by atoms with Crippen LogP contribution in [0.2, 0.25) is 0 Å². The molecule has 5 heteroatoms. The van der Waals surface area contributed by atoms with Gasteiger partial charge in [0.1, 0.15) is 0 Å². The number of anilines is 1. The average Bonchev–Trinajstić information content (AvgIpc) is 3.26. The van der Waals surface area contributed by atoms with Gasteiger partial charge >= 0.3 is 0 Å². The topological polar surface area (TPSA) is 59.3 Å². The van der Waals surface area contributed by atoms with Crippen LogP contribution >= 0.6 is 0 Å². The van der Waals surface area contributed by atoms with E-state index in [0.29, 0.717) is 16.9 Å². The van der Waals surface area contributed by atoms with E-state index in [1.807, 2.05) is 59.3 Å². The lowest BCUT2D eigenvalue weighted by Gasteiger charge is -2.06. The molecule has 0 aliphatic carbocycles. The van der Waals surface area contributed by atoms with Gasteiger partial charge in [-0.15, -0.1) is 0 Å². The van der Waals surface area contributed by atoms with Crippen LogP contribution in [0.4, 0.5) is 5.69 Å². The summed E-state index contributed by atoms with van der Waals surface area (Å²) in [6, 6.07) is 25.7. The van der Waals surface area contributed by atoms with Gasteiger partial charge in [-0.3, -0.25) is 9.78 Å². The number of amides is 1. The molecule has 1 N–H and O–H groups in total. The summed E-state index contributed by atoms with van der Waals surface area (Å²) in [6.45, 7) is 0. The van der Waals surface area contributed by atoms with E-state index in [1.165, 1.54) is 0 Å². The Morgan fingerprint density at radius 3 is 2.40 bits per heavy atom. The van der Waals surface area contributed by atoms with Crippen molar-refractivity contribution >= 4 is 17.2 Å². The highest BCUT2D eigenvalue weighted by Crippen LogP contribution is 2.27. The van der Waals surface area contributed by atoms with Crippen LogP contribution in [0.5, 0.6) is 0 Å². The summed E-state index contributed by atoms with van der Waals surface area (Å²) >= 11 is 0. The van der Waals surface area contributed by atoms with E-state index in [4.69, 9.17) is 4.98 Å². The van der Waals surface area contributed by atoms with Crippen molar-refractivity contribution in [2.24, 2.45) is 0 Å². The van der Waals surface area contributed by atoms with E-state index in [9.17, 15) is 4.79 Å². The zero-order valence-electron chi connectivity index (χ0n) is 16.1. The first-order valence-corrected chi connectivity index (χ1v) is 9.63. The van der Waals surface area contributed by atoms with Crippen LogP contribution in [0.25, 0.3) is 28.0 Å². The van der Waals surface area contributed by atoms with Gasteiger partial charge in [-0.2, -0.15) is 0 Å². The number of benzene rings is 2. The van der Waals surface area contributed by atoms with Crippen LogP contribution in [-0.4, -0.2) is 20.3 Å². The van der Waals surface area contributed by atoms with Gasteiger partial charge in [0, 0.05) is 35.9 Å². The molecule has 0 saturated carbocycles. The second-order valence-electron chi connectivity index (χ2n) is 6.92. The number of rotatable bonds is 4. The molecule has 3 aromatic heterocycles. The van der Waals surface area contributed by atoms with Gasteiger partial charge in [0.05, 0.1) is 11.4 Å². The first-order chi connectivity index (χ1) is 14.8. The van der Waals surface area contributed by atoms with Gasteiger partial charge in [-0.25, -0.2) is 4.98 Å². The quantitative estimate of drug-likeness (QED) is 0.452. The maximum Gasteiger partial charge on any atom is 0.255 e. The van der Waals surface area contributed by atoms with Crippen LogP contribution in [-0.2, 0) is 0 Å². The van der Waals surface area contributed by atoms with Crippen LogP contribution < -0.4 is 5.32 Å². The Kier molecular flexibility index (Phi) is 4.54. The van der Waals surface area contributed by atoms with Crippen molar-refractivity contribution < 1.29 is 4.79 Å². The minimum atomic E-state index is -0.193. The largest absolute Gasteiger partial charge is 0.319 e. The van der Waals surface area contributed by atoms with Crippen LogP contribution in [0.3, 0.4) is 0 Å². The smallest absolute Gasteiger partial charge is 0.255 e. The first-order valence-electron chi connectivity index (χ1n) is 9.63. The monoisotopic (exact) mass is 390 g/mol. The maximum absolute atomic E-state index is 12.6. The van der Waals surface area contributed by atoms with Crippen LogP contribution in [0, 0.1) is 0 Å². The molecule has 0 atom stereocenters. The summed E-state index contributed by atoms with van der Waals surface area (Å²) < 4.78 is 1.92. The number of hydrogen-bond acceptors (Lipinski definition) is 3. The van der Waals surface area contributed by atoms with Gasteiger partial charge in [0.2, 0.25) is 0 Å². The Hall–Kier alpha value is -4.25. The molecule has 0 aliphatic heterocycles. The second-order valence-corrected chi connectivity index (χ2v) is 6.92. The van der Waals surface area contributed by atoms with Crippen molar-refractivity contribution in [2.45, 2.75) is 0 Å². The molecule has 0 fully saturated rings. The number of imidazole rings is 1. The third kappa shape index (κ3) is 3.44. The van der Waals surface area contributed by atoms with Crippen molar-refractivity contribution in [3.05, 3.63) is 109 Å². The van der Waals surface area contributed by atoms with Gasteiger partial charge in [-0.1, -0.05) is 48.5 Å². The predicted molar refractivity (Wildman–Crippen MR) is 118 cm³/mol. The molecule has 2 aromatic carbocycles. The van der Waals surface area contributed by atoms with Crippen molar-refractivity contribution in [3.63, 3.8) is 0 Å². The SMILES string of the molecule is O=C(Nc1cccn2cc(-c3cccc(-c4ccccc4)c3)nc12)c1ccncc1. The number of carbonyl (C=O) groups excluding carboxylic acids is 1. The molecule has 1 amide bonds. The Morgan fingerprint density at radius 2 is 1.57 bits per heavy atom. The van der Waals surface area contributed by atoms with Gasteiger partial charge < -0.3 is 9.72 Å². The normalized spacial score (nSPS) is 10.8. The fourth-order valence-electron chi connectivity index (χ4n) is 3.44. The molecule has 0 bridgehead atoms. The highest BCUT2D eigenvalue weighted by molar-refractivity contribution is 6.06. The summed E-state index contributed by atoms with van der Waals surface area (Å²) in [6.07, 6.45) is 7.10. The second kappa shape index (κ2) is 7.64. The average molecular weight is 390 g/mol. The number of fused-ring (bicyclic) bond motifs is 1. The summed E-state index contributed by atoms with van der Waals surface area (Å²) in [7, 11) is 0. The van der Waals surface area contributed by atoms with Crippen LogP contribution in [0.1, 0.15) is 10.4 Å². The number of aromatic nitrogens is 3. The lowest BCUT2D eigenvalue weighted by atomic mass is 10.0. The van der Waals surface area contributed by atoms with Gasteiger partial charge in [-0.05, 0) is 41.5 Å². The minimum absolute atomic E-state index is 0.193. The summed E-state index contributed by atoms with van der Waals surface area (Å²) in [4.78, 5) is 21.3. The Bertz CT molecular complexity index is 1330. The van der Waals surface area contributed by atoms with Gasteiger partial charge in [0.15, 0.2) is 5.65 Å². The lowest BCUT2D eigenvalue weighted by molar-refractivity contribution is 0.102. The molecule has 144 valence electrons. The number of pyridine rings is 2. The Labute approximate surface area is 173 Å². The summed E-state index contributed by atoms with van der Waals surface area (Å²) in [5, 5.41) is 2.95. The third-order valence-corrected chi connectivity index (χ3v) is 4.94. The fraction of sp³-hybridized carbons (Fsp3) is 0. The molecule has 0 aliphatic rings. The Morgan fingerprint density at radius 1 is 0.800 bits per heavy atom. The van der Waals surface area contributed by atoms with Crippen molar-refractivity contribution in [1.29, 1.82) is 0 Å². The lowest BCUT2D eigenvalue weighted by Crippen LogP contribution is -2.12.